The molecule has 0 bridgehead atoms. The number of carbonyl (C=O) groups is 1. The third-order valence-electron chi connectivity index (χ3n) is 4.11. The van der Waals surface area contributed by atoms with Gasteiger partial charge in [0.1, 0.15) is 0 Å². The third-order valence-corrected chi connectivity index (χ3v) is 4.11. The van der Waals surface area contributed by atoms with Crippen LogP contribution in [0.25, 0.3) is 0 Å². The van der Waals surface area contributed by atoms with Crippen molar-refractivity contribution in [1.29, 1.82) is 0 Å². The molecule has 1 aromatic rings. The molecule has 0 atom stereocenters. The molecule has 1 heterocycles. The minimum Gasteiger partial charge on any atom is -0.342 e. The second-order valence-corrected chi connectivity index (χ2v) is 5.70. The van der Waals surface area contributed by atoms with Gasteiger partial charge >= 0.3 is 0 Å². The van der Waals surface area contributed by atoms with Crippen LogP contribution < -0.4 is 0 Å². The van der Waals surface area contributed by atoms with E-state index in [0.717, 1.165) is 31.5 Å². The fourth-order valence-corrected chi connectivity index (χ4v) is 2.59. The van der Waals surface area contributed by atoms with Gasteiger partial charge < -0.3 is 9.80 Å². The van der Waals surface area contributed by atoms with E-state index in [1.165, 1.54) is 5.56 Å². The molecular weight excluding hydrogens is 236 g/mol. The van der Waals surface area contributed by atoms with Crippen molar-refractivity contribution in [2.24, 2.45) is 0 Å². The Kier molecular flexibility index (Phi) is 4.59. The van der Waals surface area contributed by atoms with E-state index < -0.39 is 0 Å². The number of benzene rings is 1. The number of hydrogen-bond acceptors (Lipinski definition) is 2. The summed E-state index contributed by atoms with van der Waals surface area (Å²) in [5.74, 6) is 0.235. The Morgan fingerprint density at radius 3 is 2.42 bits per heavy atom. The lowest BCUT2D eigenvalue weighted by atomic mass is 10.0. The van der Waals surface area contributed by atoms with E-state index in [2.05, 4.69) is 43.1 Å². The summed E-state index contributed by atoms with van der Waals surface area (Å²) in [5.41, 5.74) is 2.34. The maximum Gasteiger partial charge on any atom is 0.226 e. The molecular formula is C16H24N2O. The highest BCUT2D eigenvalue weighted by molar-refractivity contribution is 5.78. The fourth-order valence-electron chi connectivity index (χ4n) is 2.59. The average Bonchev–Trinajstić information content (AvgIpc) is 2.41. The molecule has 0 unspecified atom stereocenters. The summed E-state index contributed by atoms with van der Waals surface area (Å²) in [7, 11) is 4.09. The van der Waals surface area contributed by atoms with Crippen LogP contribution in [-0.4, -0.2) is 48.9 Å². The lowest BCUT2D eigenvalue weighted by molar-refractivity contribution is -0.132. The molecule has 0 spiro atoms. The van der Waals surface area contributed by atoms with Crippen molar-refractivity contribution in [3.05, 3.63) is 35.4 Å². The summed E-state index contributed by atoms with van der Waals surface area (Å²) in [5, 5.41) is 0. The van der Waals surface area contributed by atoms with Crippen LogP contribution in [-0.2, 0) is 11.2 Å². The molecule has 1 amide bonds. The molecule has 1 aliphatic rings. The van der Waals surface area contributed by atoms with Gasteiger partial charge in [0.25, 0.3) is 0 Å². The zero-order valence-corrected chi connectivity index (χ0v) is 12.2. The molecule has 0 N–H and O–H groups in total. The zero-order valence-electron chi connectivity index (χ0n) is 12.2. The average molecular weight is 260 g/mol. The molecule has 0 aromatic heterocycles. The molecule has 1 saturated heterocycles. The molecule has 1 fully saturated rings. The predicted octanol–water partition coefficient (Wildman–Crippen LogP) is 2.09. The minimum atomic E-state index is 0.235. The van der Waals surface area contributed by atoms with Gasteiger partial charge in [-0.3, -0.25) is 4.79 Å². The van der Waals surface area contributed by atoms with E-state index in [1.807, 2.05) is 11.9 Å². The summed E-state index contributed by atoms with van der Waals surface area (Å²) in [6, 6.07) is 8.65. The van der Waals surface area contributed by atoms with Crippen LogP contribution in [0.4, 0.5) is 0 Å². The number of hydrogen-bond donors (Lipinski definition) is 0. The first-order valence-corrected chi connectivity index (χ1v) is 7.06. The first-order valence-electron chi connectivity index (χ1n) is 7.06. The number of amides is 1. The highest BCUT2D eigenvalue weighted by Gasteiger charge is 2.23. The Morgan fingerprint density at radius 2 is 1.84 bits per heavy atom. The highest BCUT2D eigenvalue weighted by Crippen LogP contribution is 2.15. The van der Waals surface area contributed by atoms with Gasteiger partial charge in [-0.2, -0.15) is 0 Å². The van der Waals surface area contributed by atoms with Gasteiger partial charge in [-0.05, 0) is 45.5 Å². The third kappa shape index (κ3) is 3.80. The van der Waals surface area contributed by atoms with Crippen LogP contribution in [0.15, 0.2) is 24.3 Å². The molecule has 104 valence electrons. The number of likely N-dealkylation sites (tertiary alicyclic amines) is 1. The van der Waals surface area contributed by atoms with Gasteiger partial charge in [0.05, 0.1) is 6.42 Å². The Labute approximate surface area is 116 Å². The maximum absolute atomic E-state index is 12.3. The van der Waals surface area contributed by atoms with Crippen LogP contribution >= 0.6 is 0 Å². The molecule has 1 aliphatic heterocycles. The van der Waals surface area contributed by atoms with Crippen molar-refractivity contribution in [1.82, 2.24) is 9.80 Å². The Morgan fingerprint density at radius 1 is 1.26 bits per heavy atom. The highest BCUT2D eigenvalue weighted by atomic mass is 16.2. The summed E-state index contributed by atoms with van der Waals surface area (Å²) in [6.45, 7) is 4.25. The van der Waals surface area contributed by atoms with Crippen molar-refractivity contribution >= 4 is 5.91 Å². The zero-order chi connectivity index (χ0) is 13.8. The summed E-state index contributed by atoms with van der Waals surface area (Å²) < 4.78 is 0. The van der Waals surface area contributed by atoms with Crippen LogP contribution in [0.1, 0.15) is 24.0 Å². The minimum absolute atomic E-state index is 0.235. The number of aryl methyl sites for hydroxylation is 1. The molecule has 0 saturated carbocycles. The van der Waals surface area contributed by atoms with Crippen LogP contribution in [0.2, 0.25) is 0 Å². The fraction of sp³-hybridized carbons (Fsp3) is 0.562. The number of nitrogens with zero attached hydrogens (tertiary/aromatic N) is 2. The predicted molar refractivity (Wildman–Crippen MR) is 78.2 cm³/mol. The van der Waals surface area contributed by atoms with Gasteiger partial charge in [-0.1, -0.05) is 29.8 Å². The van der Waals surface area contributed by atoms with E-state index in [9.17, 15) is 4.79 Å². The van der Waals surface area contributed by atoms with E-state index in [0.29, 0.717) is 12.5 Å². The lowest BCUT2D eigenvalue weighted by Gasteiger charge is -2.35. The topological polar surface area (TPSA) is 23.6 Å². The molecule has 19 heavy (non-hydrogen) atoms. The summed E-state index contributed by atoms with van der Waals surface area (Å²) >= 11 is 0. The van der Waals surface area contributed by atoms with Crippen molar-refractivity contribution in [3.8, 4) is 0 Å². The van der Waals surface area contributed by atoms with E-state index in [4.69, 9.17) is 0 Å². The molecule has 3 heteroatoms. The Hall–Kier alpha value is -1.35. The molecule has 3 nitrogen and oxygen atoms in total. The number of rotatable bonds is 3. The van der Waals surface area contributed by atoms with Crippen LogP contribution in [0.3, 0.4) is 0 Å². The lowest BCUT2D eigenvalue weighted by Crippen LogP contribution is -2.44. The van der Waals surface area contributed by atoms with E-state index in [-0.39, 0.29) is 5.91 Å². The van der Waals surface area contributed by atoms with E-state index in [1.54, 1.807) is 0 Å². The normalized spacial score (nSPS) is 17.4. The van der Waals surface area contributed by atoms with E-state index >= 15 is 0 Å². The largest absolute Gasteiger partial charge is 0.342 e. The molecule has 0 radical (unpaired) electrons. The Bertz CT molecular complexity index is 419. The van der Waals surface area contributed by atoms with Gasteiger partial charge in [-0.15, -0.1) is 0 Å². The maximum atomic E-state index is 12.3. The van der Waals surface area contributed by atoms with Crippen LogP contribution in [0, 0.1) is 6.92 Å². The van der Waals surface area contributed by atoms with Gasteiger partial charge in [-0.25, -0.2) is 0 Å². The van der Waals surface area contributed by atoms with Gasteiger partial charge in [0.15, 0.2) is 0 Å². The SMILES string of the molecule is Cc1ccc(CC(=O)N(C)C2CCN(C)CC2)cc1. The van der Waals surface area contributed by atoms with Crippen molar-refractivity contribution in [2.45, 2.75) is 32.2 Å². The van der Waals surface area contributed by atoms with Crippen molar-refractivity contribution in [2.75, 3.05) is 27.2 Å². The molecule has 1 aromatic carbocycles. The number of likely N-dealkylation sites (N-methyl/N-ethyl adjacent to an activating group) is 1. The quantitative estimate of drug-likeness (QED) is 0.831. The van der Waals surface area contributed by atoms with Gasteiger partial charge in [0, 0.05) is 13.1 Å². The summed E-state index contributed by atoms with van der Waals surface area (Å²) in [4.78, 5) is 16.6. The standard InChI is InChI=1S/C16H24N2O/c1-13-4-6-14(7-5-13)12-16(19)18(3)15-8-10-17(2)11-9-15/h4-7,15H,8-12H2,1-3H3. The Balaban J connectivity index is 1.90. The monoisotopic (exact) mass is 260 g/mol. The van der Waals surface area contributed by atoms with Crippen LogP contribution in [0.5, 0.6) is 0 Å². The number of carbonyl (C=O) groups excluding carboxylic acids is 1. The van der Waals surface area contributed by atoms with Crippen molar-refractivity contribution < 1.29 is 4.79 Å². The second kappa shape index (κ2) is 6.20. The molecule has 0 aliphatic carbocycles. The van der Waals surface area contributed by atoms with Crippen molar-refractivity contribution in [3.63, 3.8) is 0 Å². The molecule has 2 rings (SSSR count). The second-order valence-electron chi connectivity index (χ2n) is 5.70. The number of piperidine rings is 1. The summed E-state index contributed by atoms with van der Waals surface area (Å²) in [6.07, 6.45) is 2.70. The smallest absolute Gasteiger partial charge is 0.226 e. The first kappa shape index (κ1) is 14.1. The van der Waals surface area contributed by atoms with Gasteiger partial charge in [0.2, 0.25) is 5.91 Å². The first-order chi connectivity index (χ1) is 9.06.